The molecule has 0 saturated heterocycles. The molecule has 1 atom stereocenters. The number of halogens is 1. The van der Waals surface area contributed by atoms with Crippen LogP contribution >= 0.6 is 11.6 Å². The number of hydrogen-bond acceptors (Lipinski definition) is 6. The number of allylic oxidation sites excluding steroid dienone is 1. The Morgan fingerprint density at radius 1 is 1.36 bits per heavy atom. The summed E-state index contributed by atoms with van der Waals surface area (Å²) in [6.07, 6.45) is 0. The van der Waals surface area contributed by atoms with Crippen LogP contribution in [0.4, 0.5) is 0 Å². The fraction of sp³-hybridized carbons (Fsp3) is 0.294. The maximum atomic E-state index is 9.67. The lowest BCUT2D eigenvalue weighted by atomic mass is 9.82. The van der Waals surface area contributed by atoms with Crippen LogP contribution in [0.2, 0.25) is 5.02 Å². The van der Waals surface area contributed by atoms with Crippen molar-refractivity contribution in [3.05, 3.63) is 45.4 Å². The van der Waals surface area contributed by atoms with Gasteiger partial charge in [-0.15, -0.1) is 5.10 Å². The first-order valence-electron chi connectivity index (χ1n) is 7.76. The standard InChI is InChI=1S/C17H15ClN4O3/c1-7(2)15-14-13(9(5-19)16(20)25-17(14)22-21-15)8-3-11-12(4-10(8)18)24-6-23-11/h3-4,7,13H,6,20H2,1-2H3,(H,21,22)/t13-/m0/s1. The first-order chi connectivity index (χ1) is 12.0. The second kappa shape index (κ2) is 5.60. The molecule has 0 saturated carbocycles. The highest BCUT2D eigenvalue weighted by atomic mass is 35.5. The lowest BCUT2D eigenvalue weighted by molar-refractivity contribution is 0.174. The topological polar surface area (TPSA) is 106 Å². The maximum Gasteiger partial charge on any atom is 0.244 e. The zero-order valence-electron chi connectivity index (χ0n) is 13.6. The first-order valence-corrected chi connectivity index (χ1v) is 8.13. The van der Waals surface area contributed by atoms with Crippen molar-refractivity contribution >= 4 is 11.6 Å². The Morgan fingerprint density at radius 3 is 2.76 bits per heavy atom. The average Bonchev–Trinajstić information content (AvgIpc) is 3.18. The van der Waals surface area contributed by atoms with E-state index in [1.807, 2.05) is 13.8 Å². The molecule has 2 aromatic rings. The lowest BCUT2D eigenvalue weighted by Gasteiger charge is -2.25. The van der Waals surface area contributed by atoms with Crippen molar-refractivity contribution in [2.24, 2.45) is 5.73 Å². The smallest absolute Gasteiger partial charge is 0.244 e. The van der Waals surface area contributed by atoms with Crippen molar-refractivity contribution in [2.45, 2.75) is 25.7 Å². The van der Waals surface area contributed by atoms with E-state index < -0.39 is 5.92 Å². The van der Waals surface area contributed by atoms with Gasteiger partial charge in [0.25, 0.3) is 0 Å². The quantitative estimate of drug-likeness (QED) is 0.854. The molecule has 128 valence electrons. The zero-order valence-corrected chi connectivity index (χ0v) is 14.3. The number of benzene rings is 1. The van der Waals surface area contributed by atoms with E-state index in [0.29, 0.717) is 28.0 Å². The Morgan fingerprint density at radius 2 is 2.08 bits per heavy atom. The third-order valence-electron chi connectivity index (χ3n) is 4.35. The van der Waals surface area contributed by atoms with Crippen LogP contribution in [0.3, 0.4) is 0 Å². The Labute approximate surface area is 148 Å². The molecule has 0 amide bonds. The Bertz CT molecular complexity index is 942. The summed E-state index contributed by atoms with van der Waals surface area (Å²) in [6, 6.07) is 5.62. The Hall–Kier alpha value is -2.85. The minimum atomic E-state index is -0.494. The summed E-state index contributed by atoms with van der Waals surface area (Å²) in [5.74, 6) is 1.20. The van der Waals surface area contributed by atoms with E-state index in [0.717, 1.165) is 11.3 Å². The minimum Gasteiger partial charge on any atom is -0.454 e. The van der Waals surface area contributed by atoms with Crippen molar-refractivity contribution < 1.29 is 14.2 Å². The van der Waals surface area contributed by atoms with Crippen LogP contribution < -0.4 is 19.9 Å². The number of rotatable bonds is 2. The van der Waals surface area contributed by atoms with Crippen LogP contribution in [0.5, 0.6) is 17.4 Å². The van der Waals surface area contributed by atoms with Gasteiger partial charge in [-0.3, -0.25) is 5.10 Å². The molecule has 0 radical (unpaired) electrons. The largest absolute Gasteiger partial charge is 0.454 e. The van der Waals surface area contributed by atoms with E-state index in [9.17, 15) is 5.26 Å². The highest BCUT2D eigenvalue weighted by Gasteiger charge is 2.37. The number of aromatic amines is 1. The second-order valence-corrected chi connectivity index (χ2v) is 6.57. The van der Waals surface area contributed by atoms with Crippen molar-refractivity contribution in [2.75, 3.05) is 6.79 Å². The van der Waals surface area contributed by atoms with Gasteiger partial charge in [-0.2, -0.15) is 5.26 Å². The predicted molar refractivity (Wildman–Crippen MR) is 89.5 cm³/mol. The number of H-pyrrole nitrogens is 1. The van der Waals surface area contributed by atoms with Crippen LogP contribution in [0.15, 0.2) is 23.6 Å². The van der Waals surface area contributed by atoms with Gasteiger partial charge in [0.2, 0.25) is 18.6 Å². The average molecular weight is 359 g/mol. The molecule has 0 aliphatic carbocycles. The summed E-state index contributed by atoms with van der Waals surface area (Å²) in [7, 11) is 0. The molecule has 0 spiro atoms. The molecule has 4 rings (SSSR count). The molecule has 3 heterocycles. The van der Waals surface area contributed by atoms with E-state index in [2.05, 4.69) is 16.3 Å². The van der Waals surface area contributed by atoms with Crippen molar-refractivity contribution in [1.82, 2.24) is 10.2 Å². The van der Waals surface area contributed by atoms with Gasteiger partial charge in [0, 0.05) is 16.8 Å². The molecule has 25 heavy (non-hydrogen) atoms. The van der Waals surface area contributed by atoms with Gasteiger partial charge in [-0.1, -0.05) is 25.4 Å². The minimum absolute atomic E-state index is 0.0236. The van der Waals surface area contributed by atoms with E-state index >= 15 is 0 Å². The summed E-state index contributed by atoms with van der Waals surface area (Å²) in [4.78, 5) is 0. The number of ether oxygens (including phenoxy) is 3. The monoisotopic (exact) mass is 358 g/mol. The molecule has 2 aliphatic rings. The molecule has 0 fully saturated rings. The van der Waals surface area contributed by atoms with Gasteiger partial charge in [-0.25, -0.2) is 0 Å². The summed E-state index contributed by atoms with van der Waals surface area (Å²) in [5.41, 5.74) is 8.58. The highest BCUT2D eigenvalue weighted by Crippen LogP contribution is 2.49. The Balaban J connectivity index is 1.97. The van der Waals surface area contributed by atoms with Crippen LogP contribution in [0.25, 0.3) is 0 Å². The number of hydrogen-bond donors (Lipinski definition) is 2. The fourth-order valence-corrected chi connectivity index (χ4v) is 3.44. The fourth-order valence-electron chi connectivity index (χ4n) is 3.17. The third kappa shape index (κ3) is 2.29. The summed E-state index contributed by atoms with van der Waals surface area (Å²) in [6.45, 7) is 4.19. The molecule has 3 N–H and O–H groups in total. The van der Waals surface area contributed by atoms with E-state index in [1.54, 1.807) is 12.1 Å². The number of nitrogens with one attached hydrogen (secondary N) is 1. The predicted octanol–water partition coefficient (Wildman–Crippen LogP) is 3.13. The molecule has 0 bridgehead atoms. The molecular weight excluding hydrogens is 344 g/mol. The number of fused-ring (bicyclic) bond motifs is 2. The summed E-state index contributed by atoms with van der Waals surface area (Å²) in [5, 5.41) is 17.3. The number of nitrogens with two attached hydrogens (primary N) is 1. The van der Waals surface area contributed by atoms with Crippen molar-refractivity contribution in [1.29, 1.82) is 5.26 Å². The van der Waals surface area contributed by atoms with Crippen LogP contribution in [-0.4, -0.2) is 17.0 Å². The maximum absolute atomic E-state index is 9.67. The van der Waals surface area contributed by atoms with Gasteiger partial charge in [-0.05, 0) is 17.5 Å². The van der Waals surface area contributed by atoms with E-state index in [4.69, 9.17) is 31.5 Å². The van der Waals surface area contributed by atoms with E-state index in [-0.39, 0.29) is 24.2 Å². The number of aromatic nitrogens is 2. The van der Waals surface area contributed by atoms with Crippen LogP contribution in [-0.2, 0) is 0 Å². The third-order valence-corrected chi connectivity index (χ3v) is 4.68. The Kier molecular flexibility index (Phi) is 3.51. The van der Waals surface area contributed by atoms with Gasteiger partial charge < -0.3 is 19.9 Å². The van der Waals surface area contributed by atoms with Gasteiger partial charge in [0.15, 0.2) is 11.5 Å². The summed E-state index contributed by atoms with van der Waals surface area (Å²) < 4.78 is 16.4. The van der Waals surface area contributed by atoms with Crippen molar-refractivity contribution in [3.8, 4) is 23.4 Å². The molecule has 1 aromatic carbocycles. The molecule has 8 heteroatoms. The van der Waals surface area contributed by atoms with Gasteiger partial charge in [0.1, 0.15) is 11.6 Å². The molecule has 1 aromatic heterocycles. The molecule has 2 aliphatic heterocycles. The summed E-state index contributed by atoms with van der Waals surface area (Å²) >= 11 is 6.50. The lowest BCUT2D eigenvalue weighted by Crippen LogP contribution is -2.21. The van der Waals surface area contributed by atoms with Crippen LogP contribution in [0.1, 0.15) is 42.5 Å². The first kappa shape index (κ1) is 15.7. The van der Waals surface area contributed by atoms with Crippen LogP contribution in [0, 0.1) is 11.3 Å². The van der Waals surface area contributed by atoms with E-state index in [1.165, 1.54) is 0 Å². The van der Waals surface area contributed by atoms with Gasteiger partial charge in [0.05, 0.1) is 11.5 Å². The van der Waals surface area contributed by atoms with Crippen molar-refractivity contribution in [3.63, 3.8) is 0 Å². The highest BCUT2D eigenvalue weighted by molar-refractivity contribution is 6.31. The SMILES string of the molecule is CC(C)c1[nH]nc2c1[C@@H](c1cc3c(cc1Cl)OCO3)C(C#N)=C(N)O2. The molecular formula is C17H15ClN4O3. The number of nitriles is 1. The number of nitrogens with zero attached hydrogens (tertiary/aromatic N) is 2. The normalized spacial score (nSPS) is 18.1. The molecule has 0 unspecified atom stereocenters. The second-order valence-electron chi connectivity index (χ2n) is 6.16. The van der Waals surface area contributed by atoms with Gasteiger partial charge >= 0.3 is 0 Å². The molecule has 7 nitrogen and oxygen atoms in total. The zero-order chi connectivity index (χ0) is 17.7.